The Labute approximate surface area is 169 Å². The molecule has 1 aliphatic heterocycles. The van der Waals surface area contributed by atoms with Crippen LogP contribution in [0.25, 0.3) is 11.3 Å². The van der Waals surface area contributed by atoms with E-state index in [-0.39, 0.29) is 46.2 Å². The highest BCUT2D eigenvalue weighted by Gasteiger charge is 2.59. The van der Waals surface area contributed by atoms with Crippen molar-refractivity contribution in [3.63, 3.8) is 0 Å². The summed E-state index contributed by atoms with van der Waals surface area (Å²) in [7, 11) is 0. The highest BCUT2D eigenvalue weighted by atomic mass is 35.5. The Morgan fingerprint density at radius 2 is 1.83 bits per heavy atom. The van der Waals surface area contributed by atoms with E-state index >= 15 is 0 Å². The van der Waals surface area contributed by atoms with Gasteiger partial charge in [0.05, 0.1) is 23.0 Å². The molecule has 1 aromatic carbocycles. The highest BCUT2D eigenvalue weighted by molar-refractivity contribution is 6.32. The number of fused-ring (bicyclic) bond motifs is 5. The largest absolute Gasteiger partial charge is 0.455 e. The van der Waals surface area contributed by atoms with Gasteiger partial charge in [0.15, 0.2) is 0 Å². The number of carbonyl (C=O) groups is 2. The topological polar surface area (TPSA) is 106 Å². The molecule has 0 radical (unpaired) electrons. The Balaban J connectivity index is 1.37. The van der Waals surface area contributed by atoms with Crippen LogP contribution in [0.1, 0.15) is 12.2 Å². The number of nitrogens with zero attached hydrogens (tertiary/aromatic N) is 3. The first kappa shape index (κ1) is 17.8. The fourth-order valence-electron chi connectivity index (χ4n) is 4.50. The Hall–Kier alpha value is -3.26. The van der Waals surface area contributed by atoms with Crippen LogP contribution in [0.5, 0.6) is 0 Å². The summed E-state index contributed by atoms with van der Waals surface area (Å²) in [6.45, 7) is 0. The van der Waals surface area contributed by atoms with Gasteiger partial charge in [-0.15, -0.1) is 0 Å². The quantitative estimate of drug-likeness (QED) is 0.251. The van der Waals surface area contributed by atoms with E-state index in [4.69, 9.17) is 16.0 Å². The van der Waals surface area contributed by atoms with E-state index in [1.54, 1.807) is 18.2 Å². The Kier molecular flexibility index (Phi) is 3.92. The zero-order valence-corrected chi connectivity index (χ0v) is 15.7. The number of hydrogen-bond acceptors (Lipinski definition) is 6. The third-order valence-corrected chi connectivity index (χ3v) is 6.12. The average molecular weight is 412 g/mol. The molecule has 5 rings (SSSR count). The van der Waals surface area contributed by atoms with Crippen molar-refractivity contribution in [1.29, 1.82) is 0 Å². The van der Waals surface area contributed by atoms with E-state index in [0.29, 0.717) is 17.1 Å². The molecule has 2 amide bonds. The third kappa shape index (κ3) is 2.71. The zero-order chi connectivity index (χ0) is 20.3. The molecule has 0 spiro atoms. The number of nitro benzene ring substituents is 1. The van der Waals surface area contributed by atoms with Crippen molar-refractivity contribution >= 4 is 35.3 Å². The number of halogens is 1. The van der Waals surface area contributed by atoms with Crippen LogP contribution in [0, 0.1) is 33.8 Å². The summed E-state index contributed by atoms with van der Waals surface area (Å²) in [6.07, 6.45) is 6.21. The van der Waals surface area contributed by atoms with E-state index < -0.39 is 4.92 Å². The number of amides is 2. The molecule has 2 fully saturated rings. The lowest BCUT2D eigenvalue weighted by atomic mass is 9.85. The predicted molar refractivity (Wildman–Crippen MR) is 103 cm³/mol. The number of furan rings is 1. The summed E-state index contributed by atoms with van der Waals surface area (Å²) in [4.78, 5) is 35.7. The van der Waals surface area contributed by atoms with Gasteiger partial charge in [-0.2, -0.15) is 10.1 Å². The maximum Gasteiger partial charge on any atom is 0.288 e. The van der Waals surface area contributed by atoms with E-state index in [0.717, 1.165) is 11.4 Å². The molecule has 2 aromatic rings. The van der Waals surface area contributed by atoms with Crippen LogP contribution in [0.3, 0.4) is 0 Å². The summed E-state index contributed by atoms with van der Waals surface area (Å²) >= 11 is 5.83. The maximum atomic E-state index is 12.6. The van der Waals surface area contributed by atoms with Crippen LogP contribution in [-0.4, -0.2) is 28.0 Å². The summed E-state index contributed by atoms with van der Waals surface area (Å²) in [6, 6.07) is 7.58. The molecule has 2 aliphatic carbocycles. The first-order valence-electron chi connectivity index (χ1n) is 9.08. The normalized spacial score (nSPS) is 27.4. The fourth-order valence-corrected chi connectivity index (χ4v) is 4.68. The number of imide groups is 1. The predicted octanol–water partition coefficient (Wildman–Crippen LogP) is 3.65. The van der Waals surface area contributed by atoms with Crippen molar-refractivity contribution in [3.05, 3.63) is 63.4 Å². The minimum atomic E-state index is -0.569. The maximum absolute atomic E-state index is 12.6. The second kappa shape index (κ2) is 6.38. The molecule has 4 unspecified atom stereocenters. The monoisotopic (exact) mass is 411 g/mol. The summed E-state index contributed by atoms with van der Waals surface area (Å²) < 4.78 is 5.65. The van der Waals surface area contributed by atoms with Gasteiger partial charge in [0.2, 0.25) is 0 Å². The number of nitro groups is 1. The second-order valence-electron chi connectivity index (χ2n) is 7.36. The lowest BCUT2D eigenvalue weighted by molar-refractivity contribution is -0.384. The first-order valence-corrected chi connectivity index (χ1v) is 9.46. The Morgan fingerprint density at radius 3 is 2.48 bits per heavy atom. The highest BCUT2D eigenvalue weighted by Crippen LogP contribution is 2.52. The van der Waals surface area contributed by atoms with E-state index in [2.05, 4.69) is 5.10 Å². The fraction of sp³-hybridized carbons (Fsp3) is 0.250. The summed E-state index contributed by atoms with van der Waals surface area (Å²) in [5.74, 6) is -0.217. The van der Waals surface area contributed by atoms with Crippen molar-refractivity contribution in [2.24, 2.45) is 28.8 Å². The van der Waals surface area contributed by atoms with Gasteiger partial charge < -0.3 is 4.42 Å². The molecule has 9 heteroatoms. The molecule has 3 aliphatic rings. The van der Waals surface area contributed by atoms with Crippen LogP contribution in [0.2, 0.25) is 5.02 Å². The Bertz CT molecular complexity index is 1090. The van der Waals surface area contributed by atoms with Crippen LogP contribution >= 0.6 is 11.6 Å². The lowest BCUT2D eigenvalue weighted by Crippen LogP contribution is -2.28. The zero-order valence-electron chi connectivity index (χ0n) is 14.9. The van der Waals surface area contributed by atoms with Gasteiger partial charge in [0.1, 0.15) is 16.5 Å². The number of hydrazone groups is 1. The molecule has 2 bridgehead atoms. The van der Waals surface area contributed by atoms with E-state index in [9.17, 15) is 19.7 Å². The van der Waals surface area contributed by atoms with Crippen molar-refractivity contribution in [2.45, 2.75) is 6.42 Å². The summed E-state index contributed by atoms with van der Waals surface area (Å²) in [5, 5.41) is 16.1. The van der Waals surface area contributed by atoms with Crippen molar-refractivity contribution < 1.29 is 18.9 Å². The van der Waals surface area contributed by atoms with Crippen LogP contribution in [0.15, 0.2) is 52.0 Å². The average Bonchev–Trinajstić information content (AvgIpc) is 3.46. The minimum Gasteiger partial charge on any atom is -0.455 e. The smallest absolute Gasteiger partial charge is 0.288 e. The third-order valence-electron chi connectivity index (χ3n) is 5.80. The van der Waals surface area contributed by atoms with Gasteiger partial charge in [-0.05, 0) is 42.5 Å². The number of rotatable bonds is 4. The van der Waals surface area contributed by atoms with Gasteiger partial charge in [0, 0.05) is 11.6 Å². The summed E-state index contributed by atoms with van der Waals surface area (Å²) in [5.41, 5.74) is 0.255. The molecule has 2 heterocycles. The van der Waals surface area contributed by atoms with Crippen molar-refractivity contribution in [2.75, 3.05) is 0 Å². The SMILES string of the molecule is O=C1C2C3C=CC(C3)C2C(=O)N1/N=C\c1ccc(-c2ccc(Cl)c([N+](=O)[O-])c2)o1. The van der Waals surface area contributed by atoms with Gasteiger partial charge in [0.25, 0.3) is 17.5 Å². The van der Waals surface area contributed by atoms with E-state index in [1.807, 2.05) is 12.2 Å². The van der Waals surface area contributed by atoms with Crippen molar-refractivity contribution in [3.8, 4) is 11.3 Å². The molecule has 1 saturated heterocycles. The number of hydrogen-bond donors (Lipinski definition) is 0. The molecule has 4 atom stereocenters. The molecular formula is C20H14ClN3O5. The number of carbonyl (C=O) groups excluding carboxylic acids is 2. The van der Waals surface area contributed by atoms with E-state index in [1.165, 1.54) is 18.3 Å². The number of allylic oxidation sites excluding steroid dienone is 2. The standard InChI is InChI=1S/C20H14ClN3O5/c21-14-5-3-10(8-15(14)24(27)28)16-6-4-13(29-16)9-22-23-19(25)17-11-1-2-12(7-11)18(17)20(23)26/h1-6,8-9,11-12,17-18H,7H2/b22-9-. The van der Waals surface area contributed by atoms with Crippen LogP contribution in [0.4, 0.5) is 5.69 Å². The first-order chi connectivity index (χ1) is 13.9. The van der Waals surface area contributed by atoms with Gasteiger partial charge in [-0.1, -0.05) is 23.8 Å². The molecular weight excluding hydrogens is 398 g/mol. The molecule has 0 N–H and O–H groups in total. The van der Waals surface area contributed by atoms with Gasteiger partial charge >= 0.3 is 0 Å². The Morgan fingerprint density at radius 1 is 1.14 bits per heavy atom. The molecule has 8 nitrogen and oxygen atoms in total. The minimum absolute atomic E-state index is 0.0344. The second-order valence-corrected chi connectivity index (χ2v) is 7.77. The van der Waals surface area contributed by atoms with Crippen LogP contribution in [-0.2, 0) is 9.59 Å². The molecule has 1 saturated carbocycles. The molecule has 146 valence electrons. The lowest BCUT2D eigenvalue weighted by Gasteiger charge is -2.13. The van der Waals surface area contributed by atoms with Gasteiger partial charge in [-0.3, -0.25) is 19.7 Å². The van der Waals surface area contributed by atoms with Crippen LogP contribution < -0.4 is 0 Å². The molecule has 29 heavy (non-hydrogen) atoms. The number of benzene rings is 1. The van der Waals surface area contributed by atoms with Crippen molar-refractivity contribution in [1.82, 2.24) is 5.01 Å². The van der Waals surface area contributed by atoms with Gasteiger partial charge in [-0.25, -0.2) is 0 Å². The molecule has 1 aromatic heterocycles.